The number of rotatable bonds is 5. The van der Waals surface area contributed by atoms with Crippen molar-refractivity contribution in [3.05, 3.63) is 10.6 Å². The van der Waals surface area contributed by atoms with Crippen LogP contribution in [-0.4, -0.2) is 17.6 Å². The molecule has 1 fully saturated rings. The molecule has 0 radical (unpaired) electrons. The summed E-state index contributed by atoms with van der Waals surface area (Å²) in [6, 6.07) is 0.698. The van der Waals surface area contributed by atoms with E-state index in [0.717, 1.165) is 12.2 Å². The van der Waals surface area contributed by atoms with E-state index in [9.17, 15) is 0 Å². The molecule has 0 atom stereocenters. The largest absolute Gasteiger partial charge is 0.345 e. The lowest BCUT2D eigenvalue weighted by molar-refractivity contribution is 0.534. The molecular formula is C14H25N3S. The van der Waals surface area contributed by atoms with Crippen LogP contribution in [0.4, 0.5) is 5.13 Å². The van der Waals surface area contributed by atoms with E-state index >= 15 is 0 Å². The van der Waals surface area contributed by atoms with E-state index in [4.69, 9.17) is 10.7 Å². The van der Waals surface area contributed by atoms with Crippen LogP contribution in [0.3, 0.4) is 0 Å². The molecule has 4 heteroatoms. The lowest BCUT2D eigenvalue weighted by Crippen LogP contribution is -2.36. The molecule has 1 aliphatic rings. The Hall–Kier alpha value is -0.610. The average Bonchev–Trinajstić information content (AvgIpc) is 2.94. The van der Waals surface area contributed by atoms with Gasteiger partial charge in [0.1, 0.15) is 0 Å². The van der Waals surface area contributed by atoms with Crippen LogP contribution in [0.2, 0.25) is 0 Å². The van der Waals surface area contributed by atoms with Crippen molar-refractivity contribution in [1.82, 2.24) is 4.98 Å². The van der Waals surface area contributed by atoms with Crippen molar-refractivity contribution in [2.75, 3.05) is 11.4 Å². The zero-order chi connectivity index (χ0) is 13.1. The summed E-state index contributed by atoms with van der Waals surface area (Å²) in [5.41, 5.74) is 6.89. The van der Waals surface area contributed by atoms with Gasteiger partial charge in [0, 0.05) is 24.0 Å². The maximum absolute atomic E-state index is 5.77. The number of nitrogens with two attached hydrogens (primary N) is 1. The molecule has 18 heavy (non-hydrogen) atoms. The summed E-state index contributed by atoms with van der Waals surface area (Å²) in [6.07, 6.45) is 5.38. The van der Waals surface area contributed by atoms with Gasteiger partial charge in [-0.3, -0.25) is 0 Å². The first-order chi connectivity index (χ1) is 8.61. The zero-order valence-electron chi connectivity index (χ0n) is 11.8. The van der Waals surface area contributed by atoms with E-state index in [1.165, 1.54) is 35.7 Å². The fourth-order valence-electron chi connectivity index (χ4n) is 2.72. The van der Waals surface area contributed by atoms with Gasteiger partial charge in [-0.05, 0) is 25.7 Å². The minimum absolute atomic E-state index is 0.615. The van der Waals surface area contributed by atoms with Gasteiger partial charge >= 0.3 is 0 Å². The van der Waals surface area contributed by atoms with Gasteiger partial charge < -0.3 is 10.6 Å². The Morgan fingerprint density at radius 3 is 2.56 bits per heavy atom. The van der Waals surface area contributed by atoms with Crippen LogP contribution in [0.25, 0.3) is 0 Å². The second-order valence-corrected chi connectivity index (χ2v) is 6.76. The molecular weight excluding hydrogens is 242 g/mol. The Balaban J connectivity index is 2.20. The molecule has 2 rings (SSSR count). The molecule has 1 aromatic rings. The maximum atomic E-state index is 5.77. The monoisotopic (exact) mass is 267 g/mol. The zero-order valence-corrected chi connectivity index (χ0v) is 12.6. The predicted molar refractivity (Wildman–Crippen MR) is 79.2 cm³/mol. The number of hydrogen-bond acceptors (Lipinski definition) is 4. The summed E-state index contributed by atoms with van der Waals surface area (Å²) >= 11 is 1.79. The summed E-state index contributed by atoms with van der Waals surface area (Å²) < 4.78 is 0. The fourth-order valence-corrected chi connectivity index (χ4v) is 3.74. The molecule has 102 valence electrons. The van der Waals surface area contributed by atoms with E-state index in [1.807, 2.05) is 0 Å². The first kappa shape index (κ1) is 13.8. The van der Waals surface area contributed by atoms with Gasteiger partial charge in [0.15, 0.2) is 5.13 Å². The average molecular weight is 267 g/mol. The molecule has 2 N–H and O–H groups in total. The second-order valence-electron chi connectivity index (χ2n) is 5.69. The molecule has 1 heterocycles. The van der Waals surface area contributed by atoms with Crippen LogP contribution < -0.4 is 10.6 Å². The number of hydrogen-bond donors (Lipinski definition) is 1. The number of thiazole rings is 1. The standard InChI is InChI=1S/C14H25N3S/c1-10(2)9-17(12-6-4-5-7-12)14-16-11(3)13(8-15)18-14/h10,12H,4-9,15H2,1-3H3. The van der Waals surface area contributed by atoms with Gasteiger partial charge in [0.2, 0.25) is 0 Å². The van der Waals surface area contributed by atoms with Crippen molar-refractivity contribution in [2.24, 2.45) is 11.7 Å². The van der Waals surface area contributed by atoms with E-state index in [2.05, 4.69) is 25.7 Å². The molecule has 0 spiro atoms. The van der Waals surface area contributed by atoms with Crippen LogP contribution in [-0.2, 0) is 6.54 Å². The normalized spacial score (nSPS) is 16.7. The maximum Gasteiger partial charge on any atom is 0.186 e. The van der Waals surface area contributed by atoms with Gasteiger partial charge in [-0.1, -0.05) is 26.7 Å². The Morgan fingerprint density at radius 1 is 1.39 bits per heavy atom. The van der Waals surface area contributed by atoms with Gasteiger partial charge in [-0.25, -0.2) is 4.98 Å². The van der Waals surface area contributed by atoms with Crippen molar-refractivity contribution in [3.63, 3.8) is 0 Å². The Labute approximate surface area is 114 Å². The molecule has 0 saturated heterocycles. The highest BCUT2D eigenvalue weighted by Gasteiger charge is 2.26. The molecule has 3 nitrogen and oxygen atoms in total. The van der Waals surface area contributed by atoms with E-state index in [1.54, 1.807) is 11.3 Å². The number of aromatic nitrogens is 1. The lowest BCUT2D eigenvalue weighted by Gasteiger charge is -2.30. The second kappa shape index (κ2) is 6.02. The Kier molecular flexibility index (Phi) is 4.62. The lowest BCUT2D eigenvalue weighted by atomic mass is 10.1. The number of aryl methyl sites for hydroxylation is 1. The molecule has 0 aromatic carbocycles. The van der Waals surface area contributed by atoms with Gasteiger partial charge in [0.25, 0.3) is 0 Å². The van der Waals surface area contributed by atoms with Crippen LogP contribution >= 0.6 is 11.3 Å². The van der Waals surface area contributed by atoms with E-state index in [-0.39, 0.29) is 0 Å². The molecule has 0 amide bonds. The molecule has 1 aliphatic carbocycles. The smallest absolute Gasteiger partial charge is 0.186 e. The quantitative estimate of drug-likeness (QED) is 0.890. The van der Waals surface area contributed by atoms with Crippen molar-refractivity contribution in [1.29, 1.82) is 0 Å². The minimum Gasteiger partial charge on any atom is -0.345 e. The van der Waals surface area contributed by atoms with Gasteiger partial charge in [-0.2, -0.15) is 0 Å². The van der Waals surface area contributed by atoms with Gasteiger partial charge in [0.05, 0.1) is 5.69 Å². The first-order valence-corrected chi connectivity index (χ1v) is 7.86. The highest BCUT2D eigenvalue weighted by atomic mass is 32.1. The summed E-state index contributed by atoms with van der Waals surface area (Å²) in [5.74, 6) is 0.677. The van der Waals surface area contributed by atoms with Crippen molar-refractivity contribution < 1.29 is 0 Å². The molecule has 0 bridgehead atoms. The minimum atomic E-state index is 0.615. The van der Waals surface area contributed by atoms with E-state index < -0.39 is 0 Å². The van der Waals surface area contributed by atoms with Crippen LogP contribution in [0.15, 0.2) is 0 Å². The number of nitrogens with zero attached hydrogens (tertiary/aromatic N) is 2. The van der Waals surface area contributed by atoms with Crippen LogP contribution in [0.5, 0.6) is 0 Å². The van der Waals surface area contributed by atoms with Crippen molar-refractivity contribution in [2.45, 2.75) is 59.0 Å². The summed E-state index contributed by atoms with van der Waals surface area (Å²) in [6.45, 7) is 8.37. The van der Waals surface area contributed by atoms with E-state index in [0.29, 0.717) is 18.5 Å². The highest BCUT2D eigenvalue weighted by molar-refractivity contribution is 7.15. The third-order valence-electron chi connectivity index (χ3n) is 3.64. The van der Waals surface area contributed by atoms with Crippen molar-refractivity contribution >= 4 is 16.5 Å². The van der Waals surface area contributed by atoms with Crippen LogP contribution in [0, 0.1) is 12.8 Å². The molecule has 1 aromatic heterocycles. The summed E-state index contributed by atoms with van der Waals surface area (Å²) in [4.78, 5) is 8.51. The summed E-state index contributed by atoms with van der Waals surface area (Å²) in [7, 11) is 0. The van der Waals surface area contributed by atoms with Crippen molar-refractivity contribution in [3.8, 4) is 0 Å². The molecule has 0 unspecified atom stereocenters. The highest BCUT2D eigenvalue weighted by Crippen LogP contribution is 2.33. The fraction of sp³-hybridized carbons (Fsp3) is 0.786. The Bertz CT molecular complexity index is 380. The third kappa shape index (κ3) is 3.04. The predicted octanol–water partition coefficient (Wildman–Crippen LogP) is 3.32. The molecule has 0 aliphatic heterocycles. The molecule has 1 saturated carbocycles. The first-order valence-electron chi connectivity index (χ1n) is 7.04. The summed E-state index contributed by atoms with van der Waals surface area (Å²) in [5, 5.41) is 1.19. The van der Waals surface area contributed by atoms with Crippen LogP contribution in [0.1, 0.15) is 50.1 Å². The number of anilines is 1. The Morgan fingerprint density at radius 2 is 2.06 bits per heavy atom. The third-order valence-corrected chi connectivity index (χ3v) is 4.86. The van der Waals surface area contributed by atoms with Gasteiger partial charge in [-0.15, -0.1) is 11.3 Å². The SMILES string of the molecule is Cc1nc(N(CC(C)C)C2CCCC2)sc1CN. The topological polar surface area (TPSA) is 42.2 Å².